The van der Waals surface area contributed by atoms with Crippen LogP contribution in [0.5, 0.6) is 0 Å². The Morgan fingerprint density at radius 3 is 2.44 bits per heavy atom. The quantitative estimate of drug-likeness (QED) is 0.851. The highest BCUT2D eigenvalue weighted by molar-refractivity contribution is 6.31. The van der Waals surface area contributed by atoms with Gasteiger partial charge in [0.1, 0.15) is 0 Å². The number of hydrogen-bond donors (Lipinski definition) is 1. The van der Waals surface area contributed by atoms with Gasteiger partial charge >= 0.3 is 6.03 Å². The number of nitrogens with one attached hydrogen (secondary N) is 1. The summed E-state index contributed by atoms with van der Waals surface area (Å²) in [6.07, 6.45) is 0. The lowest BCUT2D eigenvalue weighted by molar-refractivity contribution is 0.208. The average Bonchev–Trinajstić information content (AvgIpc) is 2.60. The van der Waals surface area contributed by atoms with E-state index in [2.05, 4.69) is 29.3 Å². The smallest absolute Gasteiger partial charge is 0.321 e. The fourth-order valence-corrected chi connectivity index (χ4v) is 3.41. The van der Waals surface area contributed by atoms with E-state index in [0.717, 1.165) is 40.6 Å². The van der Waals surface area contributed by atoms with Crippen molar-refractivity contribution in [3.63, 3.8) is 0 Å². The van der Waals surface area contributed by atoms with Gasteiger partial charge < -0.3 is 15.1 Å². The van der Waals surface area contributed by atoms with Crippen LogP contribution in [0, 0.1) is 20.8 Å². The molecule has 0 spiro atoms. The highest BCUT2D eigenvalue weighted by atomic mass is 35.5. The molecule has 0 atom stereocenters. The summed E-state index contributed by atoms with van der Waals surface area (Å²) in [5.41, 5.74) is 5.41. The second kappa shape index (κ2) is 7.36. The molecule has 0 saturated carbocycles. The first-order valence-electron chi connectivity index (χ1n) is 8.59. The fourth-order valence-electron chi connectivity index (χ4n) is 3.24. The van der Waals surface area contributed by atoms with Crippen molar-refractivity contribution in [2.75, 3.05) is 36.4 Å². The zero-order valence-electron chi connectivity index (χ0n) is 15.0. The van der Waals surface area contributed by atoms with Gasteiger partial charge in [0.2, 0.25) is 0 Å². The zero-order valence-corrected chi connectivity index (χ0v) is 15.7. The first-order chi connectivity index (χ1) is 12.0. The lowest BCUT2D eigenvalue weighted by Gasteiger charge is -2.37. The Balaban J connectivity index is 1.62. The zero-order chi connectivity index (χ0) is 18.0. The van der Waals surface area contributed by atoms with Crippen molar-refractivity contribution in [1.82, 2.24) is 4.90 Å². The van der Waals surface area contributed by atoms with Gasteiger partial charge in [0.25, 0.3) is 0 Å². The van der Waals surface area contributed by atoms with E-state index in [9.17, 15) is 4.79 Å². The molecule has 4 nitrogen and oxygen atoms in total. The van der Waals surface area contributed by atoms with Crippen LogP contribution in [0.1, 0.15) is 16.7 Å². The van der Waals surface area contributed by atoms with Crippen molar-refractivity contribution in [3.8, 4) is 0 Å². The van der Waals surface area contributed by atoms with Crippen LogP contribution in [0.3, 0.4) is 0 Å². The summed E-state index contributed by atoms with van der Waals surface area (Å²) in [5, 5.41) is 3.81. The number of urea groups is 1. The molecule has 1 N–H and O–H groups in total. The number of benzene rings is 2. The molecule has 0 unspecified atom stereocenters. The summed E-state index contributed by atoms with van der Waals surface area (Å²) < 4.78 is 0. The lowest BCUT2D eigenvalue weighted by atomic mass is 10.1. The Hall–Kier alpha value is -2.20. The maximum Gasteiger partial charge on any atom is 0.321 e. The van der Waals surface area contributed by atoms with Gasteiger partial charge in [0.05, 0.1) is 0 Å². The largest absolute Gasteiger partial charge is 0.368 e. The van der Waals surface area contributed by atoms with Gasteiger partial charge in [-0.2, -0.15) is 0 Å². The summed E-state index contributed by atoms with van der Waals surface area (Å²) in [4.78, 5) is 16.7. The molecule has 0 aromatic heterocycles. The van der Waals surface area contributed by atoms with Crippen molar-refractivity contribution in [1.29, 1.82) is 0 Å². The number of amides is 2. The monoisotopic (exact) mass is 357 g/mol. The number of nitrogens with zero attached hydrogens (tertiary/aromatic N) is 2. The van der Waals surface area contributed by atoms with Crippen molar-refractivity contribution in [2.45, 2.75) is 20.8 Å². The normalized spacial score (nSPS) is 14.6. The van der Waals surface area contributed by atoms with E-state index in [0.29, 0.717) is 13.1 Å². The van der Waals surface area contributed by atoms with E-state index in [1.165, 1.54) is 5.56 Å². The van der Waals surface area contributed by atoms with Crippen LogP contribution in [-0.4, -0.2) is 37.1 Å². The topological polar surface area (TPSA) is 35.6 Å². The standard InChI is InChI=1S/C20H24ClN3O/c1-14-7-8-18(15(2)13-14)22-20(25)24-11-9-23(10-12-24)19-6-4-5-17(21)16(19)3/h4-8,13H,9-12H2,1-3H3,(H,22,25). The Labute approximate surface area is 154 Å². The third-order valence-corrected chi connectivity index (χ3v) is 5.18. The number of piperazine rings is 1. The Morgan fingerprint density at radius 2 is 1.76 bits per heavy atom. The number of aryl methyl sites for hydroxylation is 2. The molecule has 0 bridgehead atoms. The maximum atomic E-state index is 12.5. The van der Waals surface area contributed by atoms with Gasteiger partial charge in [-0.3, -0.25) is 0 Å². The molecule has 1 heterocycles. The van der Waals surface area contributed by atoms with Crippen LogP contribution in [-0.2, 0) is 0 Å². The number of carbonyl (C=O) groups is 1. The first kappa shape index (κ1) is 17.6. The molecule has 1 fully saturated rings. The highest BCUT2D eigenvalue weighted by Crippen LogP contribution is 2.27. The SMILES string of the molecule is Cc1ccc(NC(=O)N2CCN(c3cccc(Cl)c3C)CC2)c(C)c1. The molecule has 1 aliphatic rings. The average molecular weight is 358 g/mol. The van der Waals surface area contributed by atoms with E-state index in [4.69, 9.17) is 11.6 Å². The number of carbonyl (C=O) groups excluding carboxylic acids is 1. The van der Waals surface area contributed by atoms with E-state index < -0.39 is 0 Å². The maximum absolute atomic E-state index is 12.5. The van der Waals surface area contributed by atoms with Crippen LogP contribution in [0.25, 0.3) is 0 Å². The van der Waals surface area contributed by atoms with Gasteiger partial charge in [0, 0.05) is 42.6 Å². The van der Waals surface area contributed by atoms with Crippen molar-refractivity contribution >= 4 is 29.0 Å². The Kier molecular flexibility index (Phi) is 5.19. The van der Waals surface area contributed by atoms with Gasteiger partial charge in [-0.05, 0) is 50.1 Å². The van der Waals surface area contributed by atoms with Gasteiger partial charge in [-0.25, -0.2) is 4.79 Å². The van der Waals surface area contributed by atoms with Crippen LogP contribution < -0.4 is 10.2 Å². The molecule has 1 aliphatic heterocycles. The van der Waals surface area contributed by atoms with Crippen LogP contribution in [0.2, 0.25) is 5.02 Å². The minimum atomic E-state index is -0.0329. The van der Waals surface area contributed by atoms with Gasteiger partial charge in [0.15, 0.2) is 0 Å². The summed E-state index contributed by atoms with van der Waals surface area (Å²) in [6, 6.07) is 12.0. The van der Waals surface area contributed by atoms with Crippen molar-refractivity contribution in [3.05, 3.63) is 58.1 Å². The Bertz CT molecular complexity index is 783. The first-order valence-corrected chi connectivity index (χ1v) is 8.97. The minimum Gasteiger partial charge on any atom is -0.368 e. The van der Waals surface area contributed by atoms with Crippen LogP contribution >= 0.6 is 11.6 Å². The molecule has 0 aliphatic carbocycles. The highest BCUT2D eigenvalue weighted by Gasteiger charge is 2.22. The van der Waals surface area contributed by atoms with Gasteiger partial charge in [-0.1, -0.05) is 35.4 Å². The molecule has 0 radical (unpaired) electrons. The van der Waals surface area contributed by atoms with E-state index in [1.54, 1.807) is 0 Å². The number of anilines is 2. The predicted molar refractivity (Wildman–Crippen MR) is 105 cm³/mol. The summed E-state index contributed by atoms with van der Waals surface area (Å²) >= 11 is 6.23. The Morgan fingerprint density at radius 1 is 1.04 bits per heavy atom. The molecule has 25 heavy (non-hydrogen) atoms. The molecule has 2 amide bonds. The third kappa shape index (κ3) is 3.90. The molecular weight excluding hydrogens is 334 g/mol. The second-order valence-electron chi connectivity index (χ2n) is 6.61. The predicted octanol–water partition coefficient (Wildman–Crippen LogP) is 4.62. The molecule has 3 rings (SSSR count). The minimum absolute atomic E-state index is 0.0329. The molecule has 1 saturated heterocycles. The summed E-state index contributed by atoms with van der Waals surface area (Å²) in [7, 11) is 0. The second-order valence-corrected chi connectivity index (χ2v) is 7.01. The van der Waals surface area contributed by atoms with E-state index >= 15 is 0 Å². The molecule has 2 aromatic rings. The van der Waals surface area contributed by atoms with Gasteiger partial charge in [-0.15, -0.1) is 0 Å². The van der Waals surface area contributed by atoms with Crippen LogP contribution in [0.4, 0.5) is 16.2 Å². The third-order valence-electron chi connectivity index (χ3n) is 4.77. The molecule has 2 aromatic carbocycles. The molecular formula is C20H24ClN3O. The summed E-state index contributed by atoms with van der Waals surface area (Å²) in [5.74, 6) is 0. The van der Waals surface area contributed by atoms with E-state index in [-0.39, 0.29) is 6.03 Å². The van der Waals surface area contributed by atoms with E-state index in [1.807, 2.05) is 43.0 Å². The number of hydrogen-bond acceptors (Lipinski definition) is 2. The van der Waals surface area contributed by atoms with Crippen LogP contribution in [0.15, 0.2) is 36.4 Å². The molecule has 5 heteroatoms. The number of rotatable bonds is 2. The summed E-state index contributed by atoms with van der Waals surface area (Å²) in [6.45, 7) is 9.11. The molecule has 132 valence electrons. The fraction of sp³-hybridized carbons (Fsp3) is 0.350. The lowest BCUT2D eigenvalue weighted by Crippen LogP contribution is -2.50. The number of halogens is 1. The van der Waals surface area contributed by atoms with Crippen molar-refractivity contribution < 1.29 is 4.79 Å². The van der Waals surface area contributed by atoms with Crippen molar-refractivity contribution in [2.24, 2.45) is 0 Å².